The Bertz CT molecular complexity index is 2660. The van der Waals surface area contributed by atoms with E-state index in [4.69, 9.17) is 0 Å². The third kappa shape index (κ3) is 5.63. The van der Waals surface area contributed by atoms with Gasteiger partial charge in [0, 0.05) is 20.2 Å². The number of hydrogen-bond acceptors (Lipinski definition) is 2. The van der Waals surface area contributed by atoms with Crippen LogP contribution in [0.15, 0.2) is 194 Å². The van der Waals surface area contributed by atoms with Gasteiger partial charge in [-0.1, -0.05) is 170 Å². The zero-order chi connectivity index (χ0) is 34.4. The van der Waals surface area contributed by atoms with E-state index in [9.17, 15) is 0 Å². The van der Waals surface area contributed by atoms with E-state index < -0.39 is 0 Å². The van der Waals surface area contributed by atoms with E-state index in [0.29, 0.717) is 0 Å². The van der Waals surface area contributed by atoms with Gasteiger partial charge in [0.25, 0.3) is 0 Å². The molecule has 0 saturated heterocycles. The maximum Gasteiger partial charge on any atom is 0.0542 e. The monoisotopic (exact) mass is 696 g/mol. The fourth-order valence-corrected chi connectivity index (χ4v) is 10.1. The molecule has 2 aromatic heterocycles. The third-order valence-corrected chi connectivity index (χ3v) is 12.6. The largest absolute Gasteiger partial charge is 0.134 e. The Hall–Kier alpha value is -6.06. The van der Waals surface area contributed by atoms with Gasteiger partial charge in [-0.2, -0.15) is 0 Å². The van der Waals surface area contributed by atoms with Gasteiger partial charge in [0.15, 0.2) is 0 Å². The lowest BCUT2D eigenvalue weighted by atomic mass is 9.97. The number of fused-ring (bicyclic) bond motifs is 5. The average Bonchev–Trinajstić information content (AvgIpc) is 3.77. The minimum atomic E-state index is 1.23. The predicted molar refractivity (Wildman–Crippen MR) is 227 cm³/mol. The summed E-state index contributed by atoms with van der Waals surface area (Å²) in [6, 6.07) is 70.8. The first-order valence-corrected chi connectivity index (χ1v) is 19.3. The lowest BCUT2D eigenvalue weighted by molar-refractivity contribution is 1.58. The molecule has 8 aromatic carbocycles. The van der Waals surface area contributed by atoms with Gasteiger partial charge in [-0.25, -0.2) is 0 Å². The van der Waals surface area contributed by atoms with Crippen LogP contribution in [0.2, 0.25) is 0 Å². The molecule has 0 amide bonds. The summed E-state index contributed by atoms with van der Waals surface area (Å²) in [5.74, 6) is 0. The van der Waals surface area contributed by atoms with Gasteiger partial charge in [-0.05, 0) is 91.0 Å². The SMILES string of the molecule is c1ccc(-c2cccc(-c3ccc(-c4ccc5c(c4)sc4c6ccc(-c7ccc(-c8cccc(-c9ccccc9)c8)cc7)cc6sc54)cc3)c2)cc1. The normalized spacial score (nSPS) is 11.5. The van der Waals surface area contributed by atoms with Crippen molar-refractivity contribution >= 4 is 52.2 Å². The van der Waals surface area contributed by atoms with Crippen LogP contribution in [0.25, 0.3) is 96.3 Å². The zero-order valence-electron chi connectivity index (χ0n) is 28.3. The highest BCUT2D eigenvalue weighted by Crippen LogP contribution is 2.46. The molecule has 0 N–H and O–H groups in total. The van der Waals surface area contributed by atoms with Crippen LogP contribution in [0.4, 0.5) is 0 Å². The maximum atomic E-state index is 2.37. The summed E-state index contributed by atoms with van der Waals surface area (Å²) in [5, 5.41) is 2.70. The molecular formula is C50H32S2. The molecule has 244 valence electrons. The highest BCUT2D eigenvalue weighted by molar-refractivity contribution is 7.36. The van der Waals surface area contributed by atoms with Crippen molar-refractivity contribution in [2.75, 3.05) is 0 Å². The van der Waals surface area contributed by atoms with Crippen molar-refractivity contribution in [1.29, 1.82) is 0 Å². The van der Waals surface area contributed by atoms with Gasteiger partial charge in [0.1, 0.15) is 0 Å². The minimum Gasteiger partial charge on any atom is -0.134 e. The molecule has 0 spiro atoms. The molecule has 0 bridgehead atoms. The van der Waals surface area contributed by atoms with E-state index in [1.54, 1.807) is 0 Å². The highest BCUT2D eigenvalue weighted by atomic mass is 32.1. The average molecular weight is 697 g/mol. The smallest absolute Gasteiger partial charge is 0.0542 e. The van der Waals surface area contributed by atoms with Crippen LogP contribution in [0.1, 0.15) is 0 Å². The zero-order valence-corrected chi connectivity index (χ0v) is 29.9. The van der Waals surface area contributed by atoms with Crippen LogP contribution in [0, 0.1) is 0 Å². The van der Waals surface area contributed by atoms with Crippen molar-refractivity contribution in [3.63, 3.8) is 0 Å². The summed E-state index contributed by atoms with van der Waals surface area (Å²) >= 11 is 3.83. The third-order valence-electron chi connectivity index (χ3n) is 10.1. The Labute approximate surface area is 311 Å². The van der Waals surface area contributed by atoms with Crippen LogP contribution >= 0.6 is 22.7 Å². The summed E-state index contributed by atoms with van der Waals surface area (Å²) in [5.41, 5.74) is 14.9. The van der Waals surface area contributed by atoms with Gasteiger partial charge in [0.05, 0.1) is 9.40 Å². The summed E-state index contributed by atoms with van der Waals surface area (Å²) in [4.78, 5) is 0. The van der Waals surface area contributed by atoms with Gasteiger partial charge in [-0.3, -0.25) is 0 Å². The number of thiophene rings is 2. The second kappa shape index (κ2) is 12.9. The fourth-order valence-electron chi connectivity index (χ4n) is 7.34. The first kappa shape index (κ1) is 30.7. The van der Waals surface area contributed by atoms with Gasteiger partial charge in [0.2, 0.25) is 0 Å². The topological polar surface area (TPSA) is 0 Å². The highest BCUT2D eigenvalue weighted by Gasteiger charge is 2.14. The van der Waals surface area contributed by atoms with Gasteiger partial charge < -0.3 is 0 Å². The van der Waals surface area contributed by atoms with Crippen LogP contribution in [-0.2, 0) is 0 Å². The van der Waals surface area contributed by atoms with E-state index in [0.717, 1.165) is 0 Å². The van der Waals surface area contributed by atoms with E-state index >= 15 is 0 Å². The molecule has 0 aliphatic rings. The van der Waals surface area contributed by atoms with Crippen molar-refractivity contribution in [2.24, 2.45) is 0 Å². The van der Waals surface area contributed by atoms with E-state index in [2.05, 4.69) is 194 Å². The predicted octanol–water partition coefficient (Wildman–Crippen LogP) is 15.3. The van der Waals surface area contributed by atoms with Gasteiger partial charge >= 0.3 is 0 Å². The number of rotatable bonds is 6. The second-order valence-corrected chi connectivity index (χ2v) is 15.4. The van der Waals surface area contributed by atoms with Crippen molar-refractivity contribution < 1.29 is 0 Å². The van der Waals surface area contributed by atoms with E-state index in [1.807, 2.05) is 22.7 Å². The first-order valence-electron chi connectivity index (χ1n) is 17.6. The first-order chi connectivity index (χ1) is 25.7. The van der Waals surface area contributed by atoms with Crippen LogP contribution in [0.5, 0.6) is 0 Å². The van der Waals surface area contributed by atoms with Crippen molar-refractivity contribution in [3.8, 4) is 66.8 Å². The Kier molecular flexibility index (Phi) is 7.64. The van der Waals surface area contributed by atoms with Crippen molar-refractivity contribution in [1.82, 2.24) is 0 Å². The van der Waals surface area contributed by atoms with E-state index in [-0.39, 0.29) is 0 Å². The lowest BCUT2D eigenvalue weighted by Gasteiger charge is -2.08. The molecule has 0 saturated carbocycles. The molecule has 10 aromatic rings. The molecule has 0 aliphatic carbocycles. The molecule has 0 radical (unpaired) electrons. The molecular weight excluding hydrogens is 665 g/mol. The molecule has 0 unspecified atom stereocenters. The van der Waals surface area contributed by atoms with Gasteiger partial charge in [-0.15, -0.1) is 22.7 Å². The van der Waals surface area contributed by atoms with E-state index in [1.165, 1.54) is 96.3 Å². The molecule has 10 rings (SSSR count). The Balaban J connectivity index is 0.909. The second-order valence-electron chi connectivity index (χ2n) is 13.3. The van der Waals surface area contributed by atoms with Crippen molar-refractivity contribution in [3.05, 3.63) is 194 Å². The quantitative estimate of drug-likeness (QED) is 0.162. The summed E-state index contributed by atoms with van der Waals surface area (Å²) < 4.78 is 5.47. The lowest BCUT2D eigenvalue weighted by Crippen LogP contribution is -1.82. The molecule has 0 nitrogen and oxygen atoms in total. The minimum absolute atomic E-state index is 1.23. The maximum absolute atomic E-state index is 2.37. The summed E-state index contributed by atoms with van der Waals surface area (Å²) in [6.07, 6.45) is 0. The molecule has 0 fully saturated rings. The summed E-state index contributed by atoms with van der Waals surface area (Å²) in [6.45, 7) is 0. The number of hydrogen-bond donors (Lipinski definition) is 0. The Morgan fingerprint density at radius 3 is 0.827 bits per heavy atom. The van der Waals surface area contributed by atoms with Crippen LogP contribution in [-0.4, -0.2) is 0 Å². The molecule has 0 aliphatic heterocycles. The van der Waals surface area contributed by atoms with Crippen LogP contribution in [0.3, 0.4) is 0 Å². The number of benzene rings is 8. The van der Waals surface area contributed by atoms with Crippen LogP contribution < -0.4 is 0 Å². The fraction of sp³-hybridized carbons (Fsp3) is 0. The molecule has 2 heteroatoms. The Morgan fingerprint density at radius 2 is 0.481 bits per heavy atom. The standard InChI is InChI=1S/C50H32S2/c1-3-9-33(10-4-1)39-13-7-15-41(29-39)35-17-21-37(22-18-35)43-25-27-45-47(31-43)51-50-46-28-26-44(32-48(46)52-49(45)50)38-23-19-36(20-24-38)42-16-8-14-40(30-42)34-11-5-2-6-12-34/h1-32H. The van der Waals surface area contributed by atoms with Crippen molar-refractivity contribution in [2.45, 2.75) is 0 Å². The molecule has 0 atom stereocenters. The summed E-state index contributed by atoms with van der Waals surface area (Å²) in [7, 11) is 0. The Morgan fingerprint density at radius 1 is 0.212 bits per heavy atom. The molecule has 52 heavy (non-hydrogen) atoms. The molecule has 2 heterocycles.